The summed E-state index contributed by atoms with van der Waals surface area (Å²) in [6, 6.07) is 5.36. The quantitative estimate of drug-likeness (QED) is 0.431. The van der Waals surface area contributed by atoms with E-state index in [2.05, 4.69) is 0 Å². The van der Waals surface area contributed by atoms with Crippen LogP contribution in [0, 0.1) is 5.41 Å². The first kappa shape index (κ1) is 13.2. The zero-order chi connectivity index (χ0) is 12.7. The normalized spacial score (nSPS) is 9.76. The van der Waals surface area contributed by atoms with Crippen LogP contribution in [0.1, 0.15) is 12.8 Å². The van der Waals surface area contributed by atoms with Crippen LogP contribution in [0.15, 0.2) is 18.2 Å². The van der Waals surface area contributed by atoms with Crippen LogP contribution in [0.25, 0.3) is 0 Å². The number of hydrogen-bond acceptors (Lipinski definition) is 4. The van der Waals surface area contributed by atoms with Gasteiger partial charge in [-0.05, 0) is 6.42 Å². The van der Waals surface area contributed by atoms with Gasteiger partial charge in [-0.15, -0.1) is 0 Å². The number of nitrogens with one attached hydrogen (secondary N) is 1. The molecule has 5 heteroatoms. The molecule has 0 aliphatic heterocycles. The molecule has 0 unspecified atom stereocenters. The topological polar surface area (TPSA) is 77.6 Å². The fraction of sp³-hybridized carbons (Fsp3) is 0.417. The van der Waals surface area contributed by atoms with Crippen molar-refractivity contribution in [2.45, 2.75) is 12.8 Å². The van der Waals surface area contributed by atoms with Crippen molar-refractivity contribution in [3.63, 3.8) is 0 Å². The van der Waals surface area contributed by atoms with Crippen LogP contribution in [-0.4, -0.2) is 26.7 Å². The summed E-state index contributed by atoms with van der Waals surface area (Å²) in [5, 5.41) is 7.09. The number of benzene rings is 1. The van der Waals surface area contributed by atoms with Crippen molar-refractivity contribution in [1.82, 2.24) is 0 Å². The van der Waals surface area contributed by atoms with Crippen molar-refractivity contribution < 1.29 is 14.2 Å². The molecule has 17 heavy (non-hydrogen) atoms. The Labute approximate surface area is 101 Å². The van der Waals surface area contributed by atoms with Crippen LogP contribution in [0.3, 0.4) is 0 Å². The van der Waals surface area contributed by atoms with E-state index in [1.165, 1.54) is 0 Å². The zero-order valence-corrected chi connectivity index (χ0v) is 10.2. The number of ether oxygens (including phenoxy) is 3. The summed E-state index contributed by atoms with van der Waals surface area (Å²) in [7, 11) is 3.18. The van der Waals surface area contributed by atoms with Crippen LogP contribution < -0.4 is 19.9 Å². The average molecular weight is 238 g/mol. The Balaban J connectivity index is 2.54. The third-order valence-electron chi connectivity index (χ3n) is 2.18. The summed E-state index contributed by atoms with van der Waals surface area (Å²) >= 11 is 0. The Hall–Kier alpha value is -1.91. The summed E-state index contributed by atoms with van der Waals surface area (Å²) < 4.78 is 15.8. The van der Waals surface area contributed by atoms with Crippen molar-refractivity contribution >= 4 is 5.84 Å². The fourth-order valence-corrected chi connectivity index (χ4v) is 1.32. The summed E-state index contributed by atoms with van der Waals surface area (Å²) in [6.45, 7) is 0.510. The van der Waals surface area contributed by atoms with Gasteiger partial charge in [-0.3, -0.25) is 5.41 Å². The number of rotatable bonds is 7. The monoisotopic (exact) mass is 238 g/mol. The molecule has 5 nitrogen and oxygen atoms in total. The summed E-state index contributed by atoms with van der Waals surface area (Å²) in [4.78, 5) is 0. The highest BCUT2D eigenvalue weighted by molar-refractivity contribution is 5.76. The molecule has 0 aromatic heterocycles. The Morgan fingerprint density at radius 3 is 2.12 bits per heavy atom. The largest absolute Gasteiger partial charge is 0.496 e. The lowest BCUT2D eigenvalue weighted by atomic mass is 10.3. The zero-order valence-electron chi connectivity index (χ0n) is 10.2. The van der Waals surface area contributed by atoms with E-state index in [-0.39, 0.29) is 5.84 Å². The second-order valence-corrected chi connectivity index (χ2v) is 3.53. The van der Waals surface area contributed by atoms with Crippen molar-refractivity contribution in [2.24, 2.45) is 5.73 Å². The Morgan fingerprint density at radius 1 is 1.12 bits per heavy atom. The molecule has 0 aliphatic rings. The number of amidine groups is 1. The molecule has 1 aromatic rings. The Kier molecular flexibility index (Phi) is 5.13. The number of methoxy groups -OCH3 is 2. The first-order valence-electron chi connectivity index (χ1n) is 5.34. The predicted octanol–water partition coefficient (Wildman–Crippen LogP) is 1.80. The van der Waals surface area contributed by atoms with E-state index in [4.69, 9.17) is 25.4 Å². The van der Waals surface area contributed by atoms with Crippen molar-refractivity contribution in [3.05, 3.63) is 18.2 Å². The molecular weight excluding hydrogens is 220 g/mol. The van der Waals surface area contributed by atoms with E-state index in [0.717, 1.165) is 6.42 Å². The predicted molar refractivity (Wildman–Crippen MR) is 66.2 cm³/mol. The molecule has 0 saturated carbocycles. The fourth-order valence-electron chi connectivity index (χ4n) is 1.32. The minimum absolute atomic E-state index is 0.178. The number of nitrogens with two attached hydrogens (primary N) is 1. The minimum atomic E-state index is 0.178. The number of hydrogen-bond donors (Lipinski definition) is 2. The highest BCUT2D eigenvalue weighted by atomic mass is 16.5. The maximum Gasteiger partial charge on any atom is 0.126 e. The Morgan fingerprint density at radius 2 is 1.65 bits per heavy atom. The lowest BCUT2D eigenvalue weighted by molar-refractivity contribution is 0.307. The van der Waals surface area contributed by atoms with Gasteiger partial charge in [0.25, 0.3) is 0 Å². The standard InChI is InChI=1S/C12H18N2O3/c1-15-9-6-10(16-2)8-11(7-9)17-5-3-4-12(13)14/h6-8H,3-5H2,1-2H3,(H3,13,14). The summed E-state index contributed by atoms with van der Waals surface area (Å²) in [5.74, 6) is 2.23. The van der Waals surface area contributed by atoms with Crippen LogP contribution in [-0.2, 0) is 0 Å². The van der Waals surface area contributed by atoms with Gasteiger partial charge < -0.3 is 19.9 Å². The van der Waals surface area contributed by atoms with E-state index in [9.17, 15) is 0 Å². The molecule has 1 aromatic carbocycles. The van der Waals surface area contributed by atoms with Gasteiger partial charge in [-0.25, -0.2) is 0 Å². The molecule has 1 rings (SSSR count). The second kappa shape index (κ2) is 6.62. The molecule has 0 bridgehead atoms. The molecule has 0 saturated heterocycles. The lowest BCUT2D eigenvalue weighted by Crippen LogP contribution is -2.11. The van der Waals surface area contributed by atoms with E-state index in [1.54, 1.807) is 32.4 Å². The molecule has 0 fully saturated rings. The van der Waals surface area contributed by atoms with Gasteiger partial charge in [0.1, 0.15) is 17.2 Å². The van der Waals surface area contributed by atoms with Gasteiger partial charge in [-0.2, -0.15) is 0 Å². The smallest absolute Gasteiger partial charge is 0.126 e. The van der Waals surface area contributed by atoms with Crippen molar-refractivity contribution in [3.8, 4) is 17.2 Å². The summed E-state index contributed by atoms with van der Waals surface area (Å²) in [5.41, 5.74) is 5.25. The van der Waals surface area contributed by atoms with E-state index in [1.807, 2.05) is 0 Å². The SMILES string of the molecule is COc1cc(OC)cc(OCCCC(=N)N)c1. The molecule has 0 spiro atoms. The lowest BCUT2D eigenvalue weighted by Gasteiger charge is -2.10. The first-order chi connectivity index (χ1) is 8.15. The highest BCUT2D eigenvalue weighted by Gasteiger charge is 2.02. The maximum atomic E-state index is 7.09. The van der Waals surface area contributed by atoms with Crippen LogP contribution in [0.5, 0.6) is 17.2 Å². The van der Waals surface area contributed by atoms with Gasteiger partial charge in [0.2, 0.25) is 0 Å². The van der Waals surface area contributed by atoms with Gasteiger partial charge in [0.05, 0.1) is 26.7 Å². The van der Waals surface area contributed by atoms with Gasteiger partial charge in [-0.1, -0.05) is 0 Å². The van der Waals surface area contributed by atoms with E-state index in [0.29, 0.717) is 30.3 Å². The highest BCUT2D eigenvalue weighted by Crippen LogP contribution is 2.27. The van der Waals surface area contributed by atoms with Crippen LogP contribution in [0.4, 0.5) is 0 Å². The molecule has 94 valence electrons. The van der Waals surface area contributed by atoms with Gasteiger partial charge in [0, 0.05) is 24.6 Å². The molecular formula is C12H18N2O3. The van der Waals surface area contributed by atoms with Gasteiger partial charge in [0.15, 0.2) is 0 Å². The third-order valence-corrected chi connectivity index (χ3v) is 2.18. The maximum absolute atomic E-state index is 7.09. The first-order valence-corrected chi connectivity index (χ1v) is 5.34. The third kappa shape index (κ3) is 4.63. The molecule has 3 N–H and O–H groups in total. The van der Waals surface area contributed by atoms with Crippen LogP contribution in [0.2, 0.25) is 0 Å². The van der Waals surface area contributed by atoms with E-state index >= 15 is 0 Å². The average Bonchev–Trinajstić information content (AvgIpc) is 2.34. The van der Waals surface area contributed by atoms with Crippen LogP contribution >= 0.6 is 0 Å². The summed E-state index contributed by atoms with van der Waals surface area (Å²) in [6.07, 6.45) is 1.26. The molecule has 0 radical (unpaired) electrons. The van der Waals surface area contributed by atoms with Crippen molar-refractivity contribution in [1.29, 1.82) is 5.41 Å². The molecule has 0 aliphatic carbocycles. The molecule has 0 heterocycles. The minimum Gasteiger partial charge on any atom is -0.496 e. The van der Waals surface area contributed by atoms with E-state index < -0.39 is 0 Å². The van der Waals surface area contributed by atoms with Gasteiger partial charge >= 0.3 is 0 Å². The van der Waals surface area contributed by atoms with Crippen molar-refractivity contribution in [2.75, 3.05) is 20.8 Å². The molecule has 0 amide bonds. The molecule has 0 atom stereocenters. The Bertz CT molecular complexity index is 358. The second-order valence-electron chi connectivity index (χ2n) is 3.53.